The van der Waals surface area contributed by atoms with Gasteiger partial charge in [-0.3, -0.25) is 4.98 Å². The van der Waals surface area contributed by atoms with Crippen LogP contribution >= 0.6 is 27.5 Å². The lowest BCUT2D eigenvalue weighted by Gasteiger charge is -2.05. The maximum Gasteiger partial charge on any atom is 0.345 e. The van der Waals surface area contributed by atoms with Crippen molar-refractivity contribution in [1.82, 2.24) is 4.98 Å². The Hall–Kier alpha value is -1.39. The lowest BCUT2D eigenvalue weighted by Crippen LogP contribution is -2.09. The molecule has 3 nitrogen and oxygen atoms in total. The van der Waals surface area contributed by atoms with E-state index in [2.05, 4.69) is 20.9 Å². The predicted octanol–water partition coefficient (Wildman–Crippen LogP) is 3.72. The van der Waals surface area contributed by atoms with Gasteiger partial charge >= 0.3 is 5.97 Å². The zero-order valence-electron chi connectivity index (χ0n) is 8.56. The first-order chi connectivity index (χ1) is 8.16. The first kappa shape index (κ1) is 12.1. The van der Waals surface area contributed by atoms with Gasteiger partial charge in [-0.25, -0.2) is 4.79 Å². The van der Waals surface area contributed by atoms with Crippen molar-refractivity contribution in [2.45, 2.75) is 0 Å². The molecule has 0 fully saturated rings. The summed E-state index contributed by atoms with van der Waals surface area (Å²) in [6, 6.07) is 8.37. The molecule has 1 aromatic heterocycles. The fraction of sp³-hybridized carbons (Fsp3) is 0. The smallest absolute Gasteiger partial charge is 0.345 e. The van der Waals surface area contributed by atoms with Gasteiger partial charge in [0.1, 0.15) is 0 Å². The molecular weight excluding hydrogens is 305 g/mol. The SMILES string of the molecule is O=C(Oc1cncc(Br)c1)c1ccccc1Cl. The number of carbonyl (C=O) groups is 1. The van der Waals surface area contributed by atoms with E-state index in [1.165, 1.54) is 6.20 Å². The number of halogens is 2. The van der Waals surface area contributed by atoms with E-state index >= 15 is 0 Å². The van der Waals surface area contributed by atoms with E-state index < -0.39 is 5.97 Å². The molecule has 0 bridgehead atoms. The number of benzene rings is 1. The molecule has 1 heterocycles. The average Bonchev–Trinajstić information content (AvgIpc) is 2.29. The Morgan fingerprint density at radius 3 is 2.76 bits per heavy atom. The van der Waals surface area contributed by atoms with Gasteiger partial charge < -0.3 is 4.74 Å². The molecule has 0 atom stereocenters. The number of carbonyl (C=O) groups excluding carboxylic acids is 1. The number of aromatic nitrogens is 1. The van der Waals surface area contributed by atoms with Gasteiger partial charge in [0.25, 0.3) is 0 Å². The van der Waals surface area contributed by atoms with Gasteiger partial charge in [-0.1, -0.05) is 23.7 Å². The van der Waals surface area contributed by atoms with E-state index in [0.29, 0.717) is 16.3 Å². The Labute approximate surface area is 112 Å². The van der Waals surface area contributed by atoms with E-state index in [9.17, 15) is 4.79 Å². The molecule has 0 N–H and O–H groups in total. The zero-order chi connectivity index (χ0) is 12.3. The summed E-state index contributed by atoms with van der Waals surface area (Å²) in [4.78, 5) is 15.7. The van der Waals surface area contributed by atoms with Gasteiger partial charge in [0.15, 0.2) is 5.75 Å². The highest BCUT2D eigenvalue weighted by atomic mass is 79.9. The van der Waals surface area contributed by atoms with Crippen LogP contribution in [0.5, 0.6) is 5.75 Å². The molecule has 0 unspecified atom stereocenters. The first-order valence-corrected chi connectivity index (χ1v) is 5.91. The van der Waals surface area contributed by atoms with Gasteiger partial charge in [-0.05, 0) is 34.1 Å². The van der Waals surface area contributed by atoms with Crippen LogP contribution in [0.15, 0.2) is 47.2 Å². The molecule has 1 aromatic carbocycles. The van der Waals surface area contributed by atoms with E-state index in [-0.39, 0.29) is 0 Å². The minimum Gasteiger partial charge on any atom is -0.421 e. The van der Waals surface area contributed by atoms with Gasteiger partial charge in [0, 0.05) is 10.7 Å². The van der Waals surface area contributed by atoms with Crippen molar-refractivity contribution in [3.05, 3.63) is 57.8 Å². The number of esters is 1. The van der Waals surface area contributed by atoms with Crippen LogP contribution in [-0.2, 0) is 0 Å². The van der Waals surface area contributed by atoms with Crippen LogP contribution in [0.2, 0.25) is 5.02 Å². The van der Waals surface area contributed by atoms with Crippen LogP contribution in [0, 0.1) is 0 Å². The third kappa shape index (κ3) is 3.05. The molecule has 2 rings (SSSR count). The van der Waals surface area contributed by atoms with Crippen molar-refractivity contribution in [3.8, 4) is 5.75 Å². The summed E-state index contributed by atoms with van der Waals surface area (Å²) in [5.74, 6) is -0.139. The highest BCUT2D eigenvalue weighted by Crippen LogP contribution is 2.20. The van der Waals surface area contributed by atoms with E-state index in [1.54, 1.807) is 36.5 Å². The first-order valence-electron chi connectivity index (χ1n) is 4.74. The highest BCUT2D eigenvalue weighted by molar-refractivity contribution is 9.10. The lowest BCUT2D eigenvalue weighted by atomic mass is 10.2. The van der Waals surface area contributed by atoms with Gasteiger partial charge in [-0.15, -0.1) is 0 Å². The zero-order valence-corrected chi connectivity index (χ0v) is 10.9. The molecule has 2 aromatic rings. The topological polar surface area (TPSA) is 39.2 Å². The maximum atomic E-state index is 11.8. The normalized spacial score (nSPS) is 10.0. The Morgan fingerprint density at radius 1 is 1.29 bits per heavy atom. The third-order valence-corrected chi connectivity index (χ3v) is 2.75. The summed E-state index contributed by atoms with van der Waals surface area (Å²) in [5, 5.41) is 0.362. The van der Waals surface area contributed by atoms with Gasteiger partial charge in [-0.2, -0.15) is 0 Å². The lowest BCUT2D eigenvalue weighted by molar-refractivity contribution is 0.0734. The number of hydrogen-bond acceptors (Lipinski definition) is 3. The molecule has 0 radical (unpaired) electrons. The van der Waals surface area contributed by atoms with Gasteiger partial charge in [0.05, 0.1) is 16.8 Å². The van der Waals surface area contributed by atoms with Gasteiger partial charge in [0.2, 0.25) is 0 Å². The molecule has 0 aliphatic heterocycles. The minimum absolute atomic E-state index is 0.328. The number of hydrogen-bond donors (Lipinski definition) is 0. The standard InChI is InChI=1S/C12H7BrClNO2/c13-8-5-9(7-15-6-8)17-12(16)10-3-1-2-4-11(10)14/h1-7H. The van der Waals surface area contributed by atoms with E-state index in [1.807, 2.05) is 0 Å². The second kappa shape index (κ2) is 5.29. The van der Waals surface area contributed by atoms with Crippen LogP contribution in [0.1, 0.15) is 10.4 Å². The molecule has 5 heteroatoms. The predicted molar refractivity (Wildman–Crippen MR) is 68.3 cm³/mol. The third-order valence-electron chi connectivity index (χ3n) is 1.98. The molecular formula is C12H7BrClNO2. The molecule has 17 heavy (non-hydrogen) atoms. The molecule has 86 valence electrons. The van der Waals surface area contributed by atoms with E-state index in [0.717, 1.165) is 4.47 Å². The minimum atomic E-state index is -0.504. The van der Waals surface area contributed by atoms with Crippen molar-refractivity contribution < 1.29 is 9.53 Å². The summed E-state index contributed by atoms with van der Waals surface area (Å²) in [6.07, 6.45) is 3.06. The number of pyridine rings is 1. The van der Waals surface area contributed by atoms with Crippen molar-refractivity contribution >= 4 is 33.5 Å². The van der Waals surface area contributed by atoms with Crippen LogP contribution < -0.4 is 4.74 Å². The summed E-state index contributed by atoms with van der Waals surface area (Å²) >= 11 is 9.13. The second-order valence-corrected chi connectivity index (χ2v) is 4.53. The summed E-state index contributed by atoms with van der Waals surface area (Å²) in [5.41, 5.74) is 0.328. The Morgan fingerprint density at radius 2 is 2.06 bits per heavy atom. The van der Waals surface area contributed by atoms with Crippen molar-refractivity contribution in [2.75, 3.05) is 0 Å². The largest absolute Gasteiger partial charge is 0.421 e. The Balaban J connectivity index is 2.20. The summed E-state index contributed by atoms with van der Waals surface area (Å²) < 4.78 is 5.88. The fourth-order valence-electron chi connectivity index (χ4n) is 1.24. The molecule has 0 saturated carbocycles. The monoisotopic (exact) mass is 311 g/mol. The van der Waals surface area contributed by atoms with Crippen LogP contribution in [-0.4, -0.2) is 11.0 Å². The summed E-state index contributed by atoms with van der Waals surface area (Å²) in [6.45, 7) is 0. The Kier molecular flexibility index (Phi) is 3.76. The maximum absolute atomic E-state index is 11.8. The molecule has 0 aliphatic rings. The quantitative estimate of drug-likeness (QED) is 0.793. The van der Waals surface area contributed by atoms with Crippen LogP contribution in [0.4, 0.5) is 0 Å². The van der Waals surface area contributed by atoms with Crippen LogP contribution in [0.25, 0.3) is 0 Å². The number of ether oxygens (including phenoxy) is 1. The summed E-state index contributed by atoms with van der Waals surface area (Å²) in [7, 11) is 0. The number of nitrogens with zero attached hydrogens (tertiary/aromatic N) is 1. The average molecular weight is 313 g/mol. The fourth-order valence-corrected chi connectivity index (χ4v) is 1.79. The molecule has 0 saturated heterocycles. The van der Waals surface area contributed by atoms with E-state index in [4.69, 9.17) is 16.3 Å². The Bertz CT molecular complexity index is 560. The highest BCUT2D eigenvalue weighted by Gasteiger charge is 2.12. The second-order valence-electron chi connectivity index (χ2n) is 3.21. The van der Waals surface area contributed by atoms with Crippen molar-refractivity contribution in [1.29, 1.82) is 0 Å². The molecule has 0 amide bonds. The molecule has 0 aliphatic carbocycles. The van der Waals surface area contributed by atoms with Crippen molar-refractivity contribution in [2.24, 2.45) is 0 Å². The van der Waals surface area contributed by atoms with Crippen LogP contribution in [0.3, 0.4) is 0 Å². The number of rotatable bonds is 2. The van der Waals surface area contributed by atoms with Crippen molar-refractivity contribution in [3.63, 3.8) is 0 Å². The molecule has 0 spiro atoms.